The smallest absolute Gasteiger partial charge is 0.162 e. The number of nitrogens with zero attached hydrogens (tertiary/aromatic N) is 2. The Morgan fingerprint density at radius 2 is 2.10 bits per heavy atom. The van der Waals surface area contributed by atoms with Crippen LogP contribution in [0.5, 0.6) is 0 Å². The van der Waals surface area contributed by atoms with Crippen molar-refractivity contribution in [3.8, 4) is 11.4 Å². The standard InChI is InChI=1S/C16H19N3OS/c1-3-17-15-13-9-21-10-14(13)18-16(19-15)12-7-5-4-6-11(12)8-20-2/h4-7H,3,8-10H2,1-2H3,(H,17,18,19). The van der Waals surface area contributed by atoms with Crippen LogP contribution in [0.3, 0.4) is 0 Å². The van der Waals surface area contributed by atoms with Gasteiger partial charge in [-0.15, -0.1) is 0 Å². The fourth-order valence-corrected chi connectivity index (χ4v) is 3.55. The first-order valence-corrected chi connectivity index (χ1v) is 8.27. The number of fused-ring (bicyclic) bond motifs is 1. The highest BCUT2D eigenvalue weighted by atomic mass is 32.2. The van der Waals surface area contributed by atoms with Gasteiger partial charge in [0, 0.05) is 36.3 Å². The highest BCUT2D eigenvalue weighted by molar-refractivity contribution is 7.98. The quantitative estimate of drug-likeness (QED) is 0.916. The van der Waals surface area contributed by atoms with E-state index in [0.717, 1.165) is 46.5 Å². The minimum absolute atomic E-state index is 0.571. The number of hydrogen-bond acceptors (Lipinski definition) is 5. The fraction of sp³-hybridized carbons (Fsp3) is 0.375. The molecule has 110 valence electrons. The van der Waals surface area contributed by atoms with Crippen LogP contribution in [0.1, 0.15) is 23.7 Å². The number of aromatic nitrogens is 2. The van der Waals surface area contributed by atoms with E-state index in [1.165, 1.54) is 5.56 Å². The van der Waals surface area contributed by atoms with Crippen molar-refractivity contribution >= 4 is 17.6 Å². The molecule has 4 nitrogen and oxygen atoms in total. The van der Waals surface area contributed by atoms with Gasteiger partial charge in [0.05, 0.1) is 12.3 Å². The number of benzene rings is 1. The molecule has 0 unspecified atom stereocenters. The third-order valence-corrected chi connectivity index (χ3v) is 4.45. The summed E-state index contributed by atoms with van der Waals surface area (Å²) in [4.78, 5) is 9.54. The lowest BCUT2D eigenvalue weighted by Crippen LogP contribution is -2.07. The molecule has 2 heterocycles. The third kappa shape index (κ3) is 2.89. The number of hydrogen-bond donors (Lipinski definition) is 1. The highest BCUT2D eigenvalue weighted by Gasteiger charge is 2.20. The minimum Gasteiger partial charge on any atom is -0.380 e. The average Bonchev–Trinajstić information content (AvgIpc) is 2.97. The topological polar surface area (TPSA) is 47.0 Å². The molecule has 0 aliphatic carbocycles. The first-order valence-electron chi connectivity index (χ1n) is 7.12. The van der Waals surface area contributed by atoms with Gasteiger partial charge in [-0.05, 0) is 12.5 Å². The number of rotatable bonds is 5. The molecule has 21 heavy (non-hydrogen) atoms. The van der Waals surface area contributed by atoms with Gasteiger partial charge >= 0.3 is 0 Å². The summed E-state index contributed by atoms with van der Waals surface area (Å²) in [6.07, 6.45) is 0. The molecule has 1 aromatic heterocycles. The zero-order valence-corrected chi connectivity index (χ0v) is 13.2. The molecule has 1 aliphatic rings. The number of nitrogens with one attached hydrogen (secondary N) is 1. The van der Waals surface area contributed by atoms with Gasteiger partial charge in [-0.3, -0.25) is 0 Å². The second-order valence-electron chi connectivity index (χ2n) is 4.93. The Balaban J connectivity index is 2.09. The monoisotopic (exact) mass is 301 g/mol. The molecule has 0 saturated carbocycles. The second kappa shape index (κ2) is 6.45. The van der Waals surface area contributed by atoms with E-state index in [0.29, 0.717) is 6.61 Å². The van der Waals surface area contributed by atoms with E-state index in [1.807, 2.05) is 23.9 Å². The first-order chi connectivity index (χ1) is 10.3. The summed E-state index contributed by atoms with van der Waals surface area (Å²) in [5.41, 5.74) is 4.59. The van der Waals surface area contributed by atoms with Gasteiger partial charge in [-0.1, -0.05) is 24.3 Å². The molecule has 0 bridgehead atoms. The van der Waals surface area contributed by atoms with Crippen molar-refractivity contribution in [1.29, 1.82) is 0 Å². The molecule has 5 heteroatoms. The largest absolute Gasteiger partial charge is 0.380 e. The Labute approximate surface area is 129 Å². The van der Waals surface area contributed by atoms with Crippen molar-refractivity contribution in [3.63, 3.8) is 0 Å². The predicted octanol–water partition coefficient (Wildman–Crippen LogP) is 3.47. The number of anilines is 1. The van der Waals surface area contributed by atoms with Gasteiger partial charge in [-0.25, -0.2) is 9.97 Å². The van der Waals surface area contributed by atoms with Crippen LogP contribution in [-0.4, -0.2) is 23.6 Å². The molecule has 3 rings (SSSR count). The summed E-state index contributed by atoms with van der Waals surface area (Å²) in [5, 5.41) is 3.37. The van der Waals surface area contributed by atoms with Gasteiger partial charge in [0.15, 0.2) is 5.82 Å². The zero-order valence-electron chi connectivity index (χ0n) is 12.3. The van der Waals surface area contributed by atoms with E-state index in [1.54, 1.807) is 7.11 Å². The van der Waals surface area contributed by atoms with Gasteiger partial charge in [0.2, 0.25) is 0 Å². The van der Waals surface area contributed by atoms with Gasteiger partial charge in [-0.2, -0.15) is 11.8 Å². The molecule has 0 saturated heterocycles. The van der Waals surface area contributed by atoms with Crippen LogP contribution in [0.25, 0.3) is 11.4 Å². The van der Waals surface area contributed by atoms with E-state index >= 15 is 0 Å². The summed E-state index contributed by atoms with van der Waals surface area (Å²) in [6, 6.07) is 8.17. The lowest BCUT2D eigenvalue weighted by molar-refractivity contribution is 0.185. The molecule has 1 aliphatic heterocycles. The first kappa shape index (κ1) is 14.4. The summed E-state index contributed by atoms with van der Waals surface area (Å²) >= 11 is 1.89. The Hall–Kier alpha value is -1.59. The minimum atomic E-state index is 0.571. The van der Waals surface area contributed by atoms with Crippen molar-refractivity contribution in [3.05, 3.63) is 41.1 Å². The van der Waals surface area contributed by atoms with E-state index in [9.17, 15) is 0 Å². The van der Waals surface area contributed by atoms with Crippen LogP contribution in [0, 0.1) is 0 Å². The summed E-state index contributed by atoms with van der Waals surface area (Å²) in [6.45, 7) is 3.53. The molecule has 1 aromatic carbocycles. The summed E-state index contributed by atoms with van der Waals surface area (Å²) < 4.78 is 5.29. The Kier molecular flexibility index (Phi) is 4.41. The van der Waals surface area contributed by atoms with Crippen molar-refractivity contribution in [2.45, 2.75) is 25.0 Å². The van der Waals surface area contributed by atoms with Gasteiger partial charge in [0.1, 0.15) is 5.82 Å². The molecule has 0 atom stereocenters. The number of thioether (sulfide) groups is 1. The summed E-state index contributed by atoms with van der Waals surface area (Å²) in [5.74, 6) is 3.74. The van der Waals surface area contributed by atoms with E-state index in [2.05, 4.69) is 24.4 Å². The normalized spacial score (nSPS) is 13.2. The highest BCUT2D eigenvalue weighted by Crippen LogP contribution is 2.35. The SMILES string of the molecule is CCNc1nc(-c2ccccc2COC)nc2c1CSC2. The van der Waals surface area contributed by atoms with Crippen LogP contribution in [-0.2, 0) is 22.8 Å². The van der Waals surface area contributed by atoms with E-state index in [4.69, 9.17) is 14.7 Å². The maximum Gasteiger partial charge on any atom is 0.162 e. The Morgan fingerprint density at radius 1 is 1.24 bits per heavy atom. The van der Waals surface area contributed by atoms with E-state index in [-0.39, 0.29) is 0 Å². The average molecular weight is 301 g/mol. The Morgan fingerprint density at radius 3 is 2.90 bits per heavy atom. The van der Waals surface area contributed by atoms with E-state index < -0.39 is 0 Å². The van der Waals surface area contributed by atoms with Crippen molar-refractivity contribution < 1.29 is 4.74 Å². The molecule has 0 spiro atoms. The van der Waals surface area contributed by atoms with Crippen molar-refractivity contribution in [2.75, 3.05) is 19.0 Å². The van der Waals surface area contributed by atoms with Crippen molar-refractivity contribution in [1.82, 2.24) is 9.97 Å². The lowest BCUT2D eigenvalue weighted by atomic mass is 10.1. The van der Waals surface area contributed by atoms with Crippen molar-refractivity contribution in [2.24, 2.45) is 0 Å². The van der Waals surface area contributed by atoms with Crippen LogP contribution in [0.2, 0.25) is 0 Å². The number of ether oxygens (including phenoxy) is 1. The van der Waals surface area contributed by atoms with Crippen LogP contribution in [0.4, 0.5) is 5.82 Å². The lowest BCUT2D eigenvalue weighted by Gasteiger charge is -2.12. The second-order valence-corrected chi connectivity index (χ2v) is 5.92. The van der Waals surface area contributed by atoms with Crippen LogP contribution >= 0.6 is 11.8 Å². The molecular formula is C16H19N3OS. The number of methoxy groups -OCH3 is 1. The van der Waals surface area contributed by atoms with Crippen LogP contribution < -0.4 is 5.32 Å². The molecule has 0 radical (unpaired) electrons. The maximum absolute atomic E-state index is 5.29. The predicted molar refractivity (Wildman–Crippen MR) is 87.3 cm³/mol. The maximum atomic E-state index is 5.29. The Bertz CT molecular complexity index is 645. The molecule has 2 aromatic rings. The van der Waals surface area contributed by atoms with Crippen LogP contribution in [0.15, 0.2) is 24.3 Å². The third-order valence-electron chi connectivity index (χ3n) is 3.48. The molecule has 0 amide bonds. The molecule has 1 N–H and O–H groups in total. The summed E-state index contributed by atoms with van der Waals surface area (Å²) in [7, 11) is 1.71. The van der Waals surface area contributed by atoms with Gasteiger partial charge in [0.25, 0.3) is 0 Å². The molecular weight excluding hydrogens is 282 g/mol. The molecule has 0 fully saturated rings. The zero-order chi connectivity index (χ0) is 14.7. The van der Waals surface area contributed by atoms with Gasteiger partial charge < -0.3 is 10.1 Å². The fourth-order valence-electron chi connectivity index (χ4n) is 2.51.